The molecule has 1 aromatic carbocycles. The number of hydrogen-bond donors (Lipinski definition) is 1. The first-order valence-electron chi connectivity index (χ1n) is 7.09. The van der Waals surface area contributed by atoms with Crippen LogP contribution >= 0.6 is 34.3 Å². The van der Waals surface area contributed by atoms with Crippen molar-refractivity contribution in [3.8, 4) is 22.1 Å². The molecule has 122 valence electrons. The van der Waals surface area contributed by atoms with Crippen LogP contribution in [0.5, 0.6) is 11.5 Å². The minimum absolute atomic E-state index is 0.168. The number of benzene rings is 1. The van der Waals surface area contributed by atoms with Crippen LogP contribution in [0.4, 0.5) is 5.13 Å². The second-order valence-electron chi connectivity index (χ2n) is 5.00. The SMILES string of the molecule is O=C(Nc1nc(-c2ccc(Cl)s2)cs1)C1COc2ccccc2O1. The number of ether oxygens (including phenoxy) is 2. The first-order chi connectivity index (χ1) is 11.7. The molecule has 0 aliphatic carbocycles. The van der Waals surface area contributed by atoms with Gasteiger partial charge in [-0.2, -0.15) is 0 Å². The maximum absolute atomic E-state index is 12.4. The van der Waals surface area contributed by atoms with Gasteiger partial charge in [0.1, 0.15) is 6.61 Å². The van der Waals surface area contributed by atoms with E-state index in [1.54, 1.807) is 6.07 Å². The van der Waals surface area contributed by atoms with E-state index in [-0.39, 0.29) is 12.5 Å². The molecule has 2 aromatic heterocycles. The number of aromatic nitrogens is 1. The third-order valence-electron chi connectivity index (χ3n) is 3.36. The first-order valence-corrected chi connectivity index (χ1v) is 9.17. The van der Waals surface area contributed by atoms with Gasteiger partial charge in [-0.05, 0) is 24.3 Å². The Morgan fingerprint density at radius 3 is 2.88 bits per heavy atom. The summed E-state index contributed by atoms with van der Waals surface area (Å²) >= 11 is 8.74. The van der Waals surface area contributed by atoms with E-state index in [4.69, 9.17) is 21.1 Å². The highest BCUT2D eigenvalue weighted by molar-refractivity contribution is 7.20. The standard InChI is InChI=1S/C16H11ClN2O3S2/c17-14-6-5-13(24-14)9-8-23-16(18-9)19-15(20)12-7-21-10-3-1-2-4-11(10)22-12/h1-6,8,12H,7H2,(H,18,19,20). The minimum atomic E-state index is -0.705. The number of nitrogens with zero attached hydrogens (tertiary/aromatic N) is 1. The van der Waals surface area contributed by atoms with Gasteiger partial charge in [0.2, 0.25) is 6.10 Å². The van der Waals surface area contributed by atoms with E-state index in [0.717, 1.165) is 10.6 Å². The molecule has 5 nitrogen and oxygen atoms in total. The van der Waals surface area contributed by atoms with Crippen molar-refractivity contribution in [3.05, 3.63) is 46.1 Å². The molecule has 0 spiro atoms. The lowest BCUT2D eigenvalue weighted by Gasteiger charge is -2.25. The van der Waals surface area contributed by atoms with E-state index in [9.17, 15) is 4.79 Å². The quantitative estimate of drug-likeness (QED) is 0.738. The summed E-state index contributed by atoms with van der Waals surface area (Å²) in [6.45, 7) is 0.168. The van der Waals surface area contributed by atoms with E-state index >= 15 is 0 Å². The average molecular weight is 379 g/mol. The van der Waals surface area contributed by atoms with Gasteiger partial charge in [-0.25, -0.2) is 4.98 Å². The fraction of sp³-hybridized carbons (Fsp3) is 0.125. The Labute approximate surface area is 150 Å². The summed E-state index contributed by atoms with van der Waals surface area (Å²) in [5.41, 5.74) is 0.790. The Morgan fingerprint density at radius 2 is 2.08 bits per heavy atom. The summed E-state index contributed by atoms with van der Waals surface area (Å²) in [5.74, 6) is 0.930. The number of fused-ring (bicyclic) bond motifs is 1. The van der Waals surface area contributed by atoms with Gasteiger partial charge in [0.25, 0.3) is 5.91 Å². The summed E-state index contributed by atoms with van der Waals surface area (Å²) < 4.78 is 11.9. The molecule has 0 radical (unpaired) electrons. The average Bonchev–Trinajstić information content (AvgIpc) is 3.23. The summed E-state index contributed by atoms with van der Waals surface area (Å²) in [4.78, 5) is 17.7. The van der Waals surface area contributed by atoms with Crippen molar-refractivity contribution >= 4 is 45.3 Å². The van der Waals surface area contributed by atoms with Crippen LogP contribution in [0.3, 0.4) is 0 Å². The Kier molecular flexibility index (Phi) is 4.13. The molecule has 1 amide bonds. The third kappa shape index (κ3) is 3.10. The first kappa shape index (κ1) is 15.4. The van der Waals surface area contributed by atoms with Crippen molar-refractivity contribution in [1.82, 2.24) is 4.98 Å². The Bertz CT molecular complexity index is 893. The highest BCUT2D eigenvalue weighted by Gasteiger charge is 2.27. The van der Waals surface area contributed by atoms with Crippen LogP contribution in [-0.4, -0.2) is 23.6 Å². The van der Waals surface area contributed by atoms with Crippen LogP contribution in [0.1, 0.15) is 0 Å². The van der Waals surface area contributed by atoms with Gasteiger partial charge in [0.15, 0.2) is 16.6 Å². The molecule has 1 aliphatic rings. The topological polar surface area (TPSA) is 60.5 Å². The predicted molar refractivity (Wildman–Crippen MR) is 95.4 cm³/mol. The maximum atomic E-state index is 12.4. The molecule has 3 aromatic rings. The lowest BCUT2D eigenvalue weighted by molar-refractivity contribution is -0.125. The van der Waals surface area contributed by atoms with Crippen molar-refractivity contribution in [3.63, 3.8) is 0 Å². The van der Waals surface area contributed by atoms with E-state index in [1.807, 2.05) is 35.7 Å². The number of halogens is 1. The highest BCUT2D eigenvalue weighted by Crippen LogP contribution is 2.34. The normalized spacial score (nSPS) is 16.0. The zero-order valence-corrected chi connectivity index (χ0v) is 14.6. The van der Waals surface area contributed by atoms with Gasteiger partial charge >= 0.3 is 0 Å². The fourth-order valence-corrected chi connectivity index (χ4v) is 4.02. The summed E-state index contributed by atoms with van der Waals surface area (Å²) in [7, 11) is 0. The number of nitrogens with one attached hydrogen (secondary N) is 1. The van der Waals surface area contributed by atoms with Crippen LogP contribution in [-0.2, 0) is 4.79 Å². The number of rotatable bonds is 3. The van der Waals surface area contributed by atoms with Crippen LogP contribution in [0.25, 0.3) is 10.6 Å². The number of thiazole rings is 1. The Hall–Kier alpha value is -2.09. The molecule has 4 rings (SSSR count). The number of thiophene rings is 1. The van der Waals surface area contributed by atoms with Crippen LogP contribution < -0.4 is 14.8 Å². The van der Waals surface area contributed by atoms with Crippen molar-refractivity contribution in [2.75, 3.05) is 11.9 Å². The van der Waals surface area contributed by atoms with Crippen LogP contribution in [0, 0.1) is 0 Å². The molecular formula is C16H11ClN2O3S2. The number of carbonyl (C=O) groups excluding carboxylic acids is 1. The monoisotopic (exact) mass is 378 g/mol. The number of amides is 1. The maximum Gasteiger partial charge on any atom is 0.270 e. The lowest BCUT2D eigenvalue weighted by atomic mass is 10.2. The molecule has 1 atom stereocenters. The van der Waals surface area contributed by atoms with Gasteiger partial charge in [-0.3, -0.25) is 10.1 Å². The van der Waals surface area contributed by atoms with Crippen molar-refractivity contribution in [1.29, 1.82) is 0 Å². The minimum Gasteiger partial charge on any atom is -0.485 e. The van der Waals surface area contributed by atoms with E-state index in [2.05, 4.69) is 10.3 Å². The smallest absolute Gasteiger partial charge is 0.270 e. The molecule has 0 saturated heterocycles. The van der Waals surface area contributed by atoms with Gasteiger partial charge in [0, 0.05) is 5.38 Å². The van der Waals surface area contributed by atoms with Gasteiger partial charge in [-0.15, -0.1) is 22.7 Å². The molecular weight excluding hydrogens is 368 g/mol. The number of hydrogen-bond acceptors (Lipinski definition) is 6. The molecule has 0 fully saturated rings. The molecule has 0 saturated carbocycles. The molecule has 8 heteroatoms. The number of anilines is 1. The van der Waals surface area contributed by atoms with E-state index in [0.29, 0.717) is 21.0 Å². The van der Waals surface area contributed by atoms with Crippen LogP contribution in [0.15, 0.2) is 41.8 Å². The van der Waals surface area contributed by atoms with E-state index < -0.39 is 6.10 Å². The molecule has 3 heterocycles. The summed E-state index contributed by atoms with van der Waals surface area (Å²) in [6, 6.07) is 11.0. The van der Waals surface area contributed by atoms with Crippen molar-refractivity contribution in [2.45, 2.75) is 6.10 Å². The summed E-state index contributed by atoms with van der Waals surface area (Å²) in [6.07, 6.45) is -0.705. The van der Waals surface area contributed by atoms with Crippen LogP contribution in [0.2, 0.25) is 4.34 Å². The molecule has 1 unspecified atom stereocenters. The lowest BCUT2D eigenvalue weighted by Crippen LogP contribution is -2.40. The van der Waals surface area contributed by atoms with Gasteiger partial charge in [-0.1, -0.05) is 23.7 Å². The zero-order chi connectivity index (χ0) is 16.5. The van der Waals surface area contributed by atoms with Gasteiger partial charge < -0.3 is 9.47 Å². The number of para-hydroxylation sites is 2. The van der Waals surface area contributed by atoms with Crippen molar-refractivity contribution in [2.24, 2.45) is 0 Å². The Morgan fingerprint density at radius 1 is 1.25 bits per heavy atom. The zero-order valence-electron chi connectivity index (χ0n) is 12.2. The number of carbonyl (C=O) groups is 1. The fourth-order valence-electron chi connectivity index (χ4n) is 2.23. The second-order valence-corrected chi connectivity index (χ2v) is 7.57. The van der Waals surface area contributed by atoms with E-state index in [1.165, 1.54) is 22.7 Å². The summed E-state index contributed by atoms with van der Waals surface area (Å²) in [5, 5.41) is 5.17. The highest BCUT2D eigenvalue weighted by atomic mass is 35.5. The molecule has 1 N–H and O–H groups in total. The molecule has 1 aliphatic heterocycles. The Balaban J connectivity index is 1.44. The predicted octanol–water partition coefficient (Wildman–Crippen LogP) is 4.30. The van der Waals surface area contributed by atoms with Gasteiger partial charge in [0.05, 0.1) is 14.9 Å². The molecule has 0 bridgehead atoms. The molecule has 24 heavy (non-hydrogen) atoms. The second kappa shape index (κ2) is 6.43. The van der Waals surface area contributed by atoms with Crippen molar-refractivity contribution < 1.29 is 14.3 Å². The largest absolute Gasteiger partial charge is 0.485 e. The third-order valence-corrected chi connectivity index (χ3v) is 5.37.